The Morgan fingerprint density at radius 2 is 1.96 bits per heavy atom. The van der Waals surface area contributed by atoms with Gasteiger partial charge in [-0.2, -0.15) is 4.68 Å². The molecular formula is C18H17ClN6NaO2+. The topological polar surface area (TPSA) is 92.0 Å². The Morgan fingerprint density at radius 3 is 2.61 bits per heavy atom. The maximum Gasteiger partial charge on any atom is 1.00 e. The predicted octanol–water partition coefficient (Wildman–Crippen LogP) is -2.57. The van der Waals surface area contributed by atoms with E-state index in [2.05, 4.69) is 10.2 Å². The van der Waals surface area contributed by atoms with E-state index in [-0.39, 0.29) is 36.0 Å². The van der Waals surface area contributed by atoms with E-state index in [0.717, 1.165) is 16.9 Å². The van der Waals surface area contributed by atoms with Gasteiger partial charge in [0.25, 0.3) is 0 Å². The number of carboxylic acid groups (broad SMARTS) is 1. The summed E-state index contributed by atoms with van der Waals surface area (Å²) < 4.78 is 5.74. The van der Waals surface area contributed by atoms with Crippen LogP contribution in [0.4, 0.5) is 0 Å². The van der Waals surface area contributed by atoms with Crippen LogP contribution in [0.1, 0.15) is 35.4 Å². The largest absolute Gasteiger partial charge is 1.00 e. The number of aliphatic carboxylic acids is 1. The molecule has 10 heteroatoms. The number of hydrogen-bond acceptors (Lipinski definition) is 5. The Labute approximate surface area is 188 Å². The summed E-state index contributed by atoms with van der Waals surface area (Å²) >= 11 is 6.03. The number of aryl methyl sites for hydroxylation is 2. The molecule has 0 unspecified atom stereocenters. The smallest absolute Gasteiger partial charge is 0.550 e. The van der Waals surface area contributed by atoms with Gasteiger partial charge in [0.05, 0.1) is 12.8 Å². The number of carbonyl (C=O) groups excluding carboxylic acids is 1. The monoisotopic (exact) mass is 407 g/mol. The number of benzene rings is 1. The van der Waals surface area contributed by atoms with Gasteiger partial charge in [-0.25, -0.2) is 0 Å². The Kier molecular flexibility index (Phi) is 5.77. The van der Waals surface area contributed by atoms with Crippen LogP contribution >= 0.6 is 11.6 Å². The molecule has 3 heterocycles. The van der Waals surface area contributed by atoms with Crippen LogP contribution in [-0.4, -0.2) is 31.1 Å². The van der Waals surface area contributed by atoms with Crippen molar-refractivity contribution in [3.8, 4) is 5.69 Å². The SMILES string of the molecule is Cc1nnc2n1-c1c[n+](C)n(C)c1C(c1ccc(Cl)cc1)=N[C@H]2CC(=O)[O-].[Na+]. The van der Waals surface area contributed by atoms with Gasteiger partial charge < -0.3 is 9.90 Å². The number of halogens is 1. The zero-order valence-electron chi connectivity index (χ0n) is 16.0. The molecule has 0 saturated carbocycles. The van der Waals surface area contributed by atoms with Crippen LogP contribution in [0.15, 0.2) is 35.5 Å². The Morgan fingerprint density at radius 1 is 1.29 bits per heavy atom. The van der Waals surface area contributed by atoms with Crippen LogP contribution in [0.25, 0.3) is 5.69 Å². The predicted molar refractivity (Wildman–Crippen MR) is 95.7 cm³/mol. The number of aliphatic imine (C=N–C) groups is 1. The van der Waals surface area contributed by atoms with Crippen molar-refractivity contribution < 1.29 is 44.1 Å². The van der Waals surface area contributed by atoms with Crippen molar-refractivity contribution in [3.05, 3.63) is 58.4 Å². The standard InChI is InChI=1S/C18H17ClN6O2.Na/c1-10-21-22-18-13(8-15(26)27)20-16(11-4-6-12(19)7-5-11)17-14(25(10)18)9-23(2)24(17)3;/h4-7,9,13H,8H2,1-3H3;/q;+1/t13-;/m0./s1. The van der Waals surface area contributed by atoms with E-state index in [1.165, 1.54) is 0 Å². The second kappa shape index (κ2) is 7.79. The molecule has 0 N–H and O–H groups in total. The normalized spacial score (nSPS) is 15.1. The molecule has 3 aromatic rings. The minimum Gasteiger partial charge on any atom is -0.550 e. The number of nitrogens with zero attached hydrogens (tertiary/aromatic N) is 6. The van der Waals surface area contributed by atoms with Crippen LogP contribution in [0.5, 0.6) is 0 Å². The van der Waals surface area contributed by atoms with Crippen LogP contribution in [0.2, 0.25) is 5.02 Å². The summed E-state index contributed by atoms with van der Waals surface area (Å²) in [6.07, 6.45) is 1.66. The first-order valence-electron chi connectivity index (χ1n) is 8.38. The number of hydrogen-bond donors (Lipinski definition) is 0. The van der Waals surface area contributed by atoms with E-state index in [0.29, 0.717) is 22.4 Å². The summed E-state index contributed by atoms with van der Waals surface area (Å²) in [4.78, 5) is 16.1. The number of carboxylic acids is 1. The van der Waals surface area contributed by atoms with Gasteiger partial charge >= 0.3 is 29.6 Å². The van der Waals surface area contributed by atoms with Crippen molar-refractivity contribution in [2.24, 2.45) is 19.1 Å². The molecule has 0 fully saturated rings. The van der Waals surface area contributed by atoms with Crippen molar-refractivity contribution in [2.75, 3.05) is 0 Å². The average Bonchev–Trinajstić information content (AvgIpc) is 3.08. The average molecular weight is 408 g/mol. The number of fused-ring (bicyclic) bond motifs is 3. The fourth-order valence-corrected chi connectivity index (χ4v) is 3.49. The van der Waals surface area contributed by atoms with Crippen LogP contribution in [-0.2, 0) is 18.9 Å². The minimum absolute atomic E-state index is 0. The zero-order chi connectivity index (χ0) is 19.3. The molecule has 0 saturated heterocycles. The summed E-state index contributed by atoms with van der Waals surface area (Å²) in [5.74, 6) is -0.0515. The molecule has 4 rings (SSSR count). The Balaban J connectivity index is 0.00000225. The fourth-order valence-electron chi connectivity index (χ4n) is 3.37. The zero-order valence-corrected chi connectivity index (χ0v) is 18.8. The summed E-state index contributed by atoms with van der Waals surface area (Å²) in [5, 5.41) is 20.3. The van der Waals surface area contributed by atoms with Crippen molar-refractivity contribution >= 4 is 23.3 Å². The van der Waals surface area contributed by atoms with Gasteiger partial charge in [0.2, 0.25) is 6.20 Å². The molecule has 0 spiro atoms. The number of rotatable bonds is 3. The van der Waals surface area contributed by atoms with Gasteiger partial charge in [-0.15, -0.1) is 14.9 Å². The third-order valence-electron chi connectivity index (χ3n) is 4.72. The quantitative estimate of drug-likeness (QED) is 0.352. The Bertz CT molecular complexity index is 1090. The summed E-state index contributed by atoms with van der Waals surface area (Å²) in [6.45, 7) is 1.83. The minimum atomic E-state index is -1.19. The van der Waals surface area contributed by atoms with Gasteiger partial charge in [0.1, 0.15) is 17.6 Å². The second-order valence-electron chi connectivity index (χ2n) is 6.48. The van der Waals surface area contributed by atoms with Crippen molar-refractivity contribution in [3.63, 3.8) is 0 Å². The third-order valence-corrected chi connectivity index (χ3v) is 4.98. The van der Waals surface area contributed by atoms with E-state index in [4.69, 9.17) is 16.6 Å². The molecule has 1 aromatic carbocycles. The van der Waals surface area contributed by atoms with Gasteiger partial charge in [0, 0.05) is 23.0 Å². The maximum absolute atomic E-state index is 11.4. The Hall–Kier alpha value is -2.00. The molecule has 2 aromatic heterocycles. The first kappa shape index (κ1) is 20.7. The maximum atomic E-state index is 11.4. The fraction of sp³-hybridized carbons (Fsp3) is 0.278. The molecule has 138 valence electrons. The van der Waals surface area contributed by atoms with E-state index in [1.54, 1.807) is 12.1 Å². The number of aromatic nitrogens is 5. The molecule has 0 aliphatic carbocycles. The van der Waals surface area contributed by atoms with Crippen LogP contribution in [0, 0.1) is 6.92 Å². The van der Waals surface area contributed by atoms with Crippen molar-refractivity contribution in [1.29, 1.82) is 0 Å². The van der Waals surface area contributed by atoms with Crippen molar-refractivity contribution in [2.45, 2.75) is 19.4 Å². The molecular weight excluding hydrogens is 391 g/mol. The molecule has 0 bridgehead atoms. The molecule has 1 aliphatic rings. The number of carbonyl (C=O) groups is 1. The van der Waals surface area contributed by atoms with E-state index in [1.807, 2.05) is 53.3 Å². The van der Waals surface area contributed by atoms with E-state index >= 15 is 0 Å². The van der Waals surface area contributed by atoms with Crippen molar-refractivity contribution in [1.82, 2.24) is 19.4 Å². The summed E-state index contributed by atoms with van der Waals surface area (Å²) in [6, 6.07) is 6.60. The van der Waals surface area contributed by atoms with Crippen LogP contribution < -0.4 is 39.3 Å². The van der Waals surface area contributed by atoms with Gasteiger partial charge in [0.15, 0.2) is 18.6 Å². The molecule has 0 amide bonds. The van der Waals surface area contributed by atoms with Gasteiger partial charge in [-0.3, -0.25) is 9.56 Å². The van der Waals surface area contributed by atoms with Crippen LogP contribution in [0.3, 0.4) is 0 Å². The van der Waals surface area contributed by atoms with E-state index in [9.17, 15) is 9.90 Å². The summed E-state index contributed by atoms with van der Waals surface area (Å²) in [7, 11) is 3.84. The summed E-state index contributed by atoms with van der Waals surface area (Å²) in [5.41, 5.74) is 3.18. The van der Waals surface area contributed by atoms with Gasteiger partial charge in [-0.1, -0.05) is 23.7 Å². The first-order valence-corrected chi connectivity index (χ1v) is 8.76. The van der Waals surface area contributed by atoms with E-state index < -0.39 is 12.0 Å². The molecule has 1 atom stereocenters. The molecule has 0 radical (unpaired) electrons. The molecule has 1 aliphatic heterocycles. The third kappa shape index (κ3) is 3.41. The molecule has 28 heavy (non-hydrogen) atoms. The second-order valence-corrected chi connectivity index (χ2v) is 6.91. The molecule has 8 nitrogen and oxygen atoms in total. The first-order chi connectivity index (χ1) is 12.9. The van der Waals surface area contributed by atoms with Gasteiger partial charge in [-0.05, 0) is 19.1 Å².